The van der Waals surface area contributed by atoms with E-state index in [1.807, 2.05) is 4.90 Å². The maximum Gasteiger partial charge on any atom is 0.219 e. The van der Waals surface area contributed by atoms with E-state index in [1.54, 1.807) is 6.92 Å². The van der Waals surface area contributed by atoms with Gasteiger partial charge in [-0.2, -0.15) is 0 Å². The summed E-state index contributed by atoms with van der Waals surface area (Å²) in [6.07, 6.45) is 7.40. The lowest BCUT2D eigenvalue weighted by Gasteiger charge is -2.42. The van der Waals surface area contributed by atoms with E-state index in [9.17, 15) is 4.79 Å². The maximum absolute atomic E-state index is 11.5. The van der Waals surface area contributed by atoms with E-state index in [0.717, 1.165) is 26.2 Å². The lowest BCUT2D eigenvalue weighted by Crippen LogP contribution is -2.52. The van der Waals surface area contributed by atoms with Crippen LogP contribution in [-0.2, 0) is 4.79 Å². The van der Waals surface area contributed by atoms with Crippen LogP contribution in [0.2, 0.25) is 0 Å². The first-order valence-corrected chi connectivity index (χ1v) is 9.69. The van der Waals surface area contributed by atoms with Gasteiger partial charge in [-0.25, -0.2) is 0 Å². The number of benzene rings is 1. The summed E-state index contributed by atoms with van der Waals surface area (Å²) in [7, 11) is 0. The molecule has 134 valence electrons. The summed E-state index contributed by atoms with van der Waals surface area (Å²) >= 11 is 0. The van der Waals surface area contributed by atoms with Crippen molar-refractivity contribution in [3.8, 4) is 0 Å². The minimum Gasteiger partial charge on any atom is -0.344 e. The highest BCUT2D eigenvalue weighted by atomic mass is 16.2. The van der Waals surface area contributed by atoms with Gasteiger partial charge >= 0.3 is 0 Å². The number of aryl methyl sites for hydroxylation is 1. The number of hydrogen-bond acceptors (Lipinski definition) is 2. The molecule has 4 rings (SSSR count). The van der Waals surface area contributed by atoms with Gasteiger partial charge in [0.2, 0.25) is 5.91 Å². The van der Waals surface area contributed by atoms with Gasteiger partial charge in [-0.05, 0) is 49.6 Å². The van der Waals surface area contributed by atoms with Crippen LogP contribution in [0.5, 0.6) is 0 Å². The van der Waals surface area contributed by atoms with Crippen molar-refractivity contribution in [2.45, 2.75) is 51.6 Å². The molecule has 4 nitrogen and oxygen atoms in total. The normalized spacial score (nSPS) is 25.4. The molecule has 0 unspecified atom stereocenters. The predicted octanol–water partition coefficient (Wildman–Crippen LogP) is 3.60. The molecule has 0 spiro atoms. The van der Waals surface area contributed by atoms with Crippen LogP contribution < -0.4 is 0 Å². The SMILES string of the molecule is CC(=O)N1CCN([C@@H]2CCC[C@@H](n3ccc4cccc(C)c43)C2)CC1. The summed E-state index contributed by atoms with van der Waals surface area (Å²) in [4.78, 5) is 16.2. The number of rotatable bonds is 2. The molecule has 2 aliphatic rings. The topological polar surface area (TPSA) is 28.5 Å². The molecule has 2 atom stereocenters. The fourth-order valence-electron chi connectivity index (χ4n) is 4.83. The fourth-order valence-corrected chi connectivity index (χ4v) is 4.83. The standard InChI is InChI=1S/C21H29N3O/c1-16-5-3-6-18-9-10-24(21(16)18)20-8-4-7-19(15-20)23-13-11-22(12-14-23)17(2)25/h3,5-6,9-10,19-20H,4,7-8,11-15H2,1-2H3/t19-,20-/m1/s1. The highest BCUT2D eigenvalue weighted by Crippen LogP contribution is 2.35. The van der Waals surface area contributed by atoms with Crippen LogP contribution in [-0.4, -0.2) is 52.5 Å². The quantitative estimate of drug-likeness (QED) is 0.836. The van der Waals surface area contributed by atoms with E-state index < -0.39 is 0 Å². The second-order valence-electron chi connectivity index (χ2n) is 7.75. The summed E-state index contributed by atoms with van der Waals surface area (Å²) in [6.45, 7) is 7.75. The second kappa shape index (κ2) is 6.83. The lowest BCUT2D eigenvalue weighted by atomic mass is 9.89. The van der Waals surface area contributed by atoms with Gasteiger partial charge in [-0.1, -0.05) is 18.2 Å². The minimum atomic E-state index is 0.218. The molecule has 0 radical (unpaired) electrons. The van der Waals surface area contributed by atoms with E-state index in [4.69, 9.17) is 0 Å². The number of piperazine rings is 1. The molecule has 1 aromatic carbocycles. The smallest absolute Gasteiger partial charge is 0.219 e. The first-order valence-electron chi connectivity index (χ1n) is 9.69. The Labute approximate surface area is 150 Å². The van der Waals surface area contributed by atoms with Crippen LogP contribution in [0.4, 0.5) is 0 Å². The Hall–Kier alpha value is -1.81. The molecular weight excluding hydrogens is 310 g/mol. The molecule has 2 fully saturated rings. The van der Waals surface area contributed by atoms with Gasteiger partial charge in [0.15, 0.2) is 0 Å². The van der Waals surface area contributed by atoms with Crippen molar-refractivity contribution in [2.75, 3.05) is 26.2 Å². The van der Waals surface area contributed by atoms with E-state index in [-0.39, 0.29) is 5.91 Å². The van der Waals surface area contributed by atoms with E-state index in [1.165, 1.54) is 42.1 Å². The third kappa shape index (κ3) is 3.20. The number of fused-ring (bicyclic) bond motifs is 1. The molecule has 1 aromatic heterocycles. The average Bonchev–Trinajstić information content (AvgIpc) is 3.07. The molecule has 1 aliphatic heterocycles. The van der Waals surface area contributed by atoms with Crippen LogP contribution in [0.15, 0.2) is 30.5 Å². The first kappa shape index (κ1) is 16.6. The molecule has 1 aliphatic carbocycles. The number of amides is 1. The van der Waals surface area contributed by atoms with Crippen LogP contribution in [0, 0.1) is 6.92 Å². The van der Waals surface area contributed by atoms with Crippen molar-refractivity contribution in [1.82, 2.24) is 14.4 Å². The van der Waals surface area contributed by atoms with Gasteiger partial charge in [0, 0.05) is 51.4 Å². The van der Waals surface area contributed by atoms with E-state index >= 15 is 0 Å². The van der Waals surface area contributed by atoms with Gasteiger partial charge in [-0.3, -0.25) is 9.69 Å². The van der Waals surface area contributed by atoms with Crippen molar-refractivity contribution in [1.29, 1.82) is 0 Å². The first-order chi connectivity index (χ1) is 12.1. The van der Waals surface area contributed by atoms with Crippen molar-refractivity contribution in [3.05, 3.63) is 36.0 Å². The Morgan fingerprint density at radius 3 is 2.56 bits per heavy atom. The summed E-state index contributed by atoms with van der Waals surface area (Å²) < 4.78 is 2.53. The Kier molecular flexibility index (Phi) is 4.55. The highest BCUT2D eigenvalue weighted by molar-refractivity contribution is 5.83. The van der Waals surface area contributed by atoms with Crippen molar-refractivity contribution >= 4 is 16.8 Å². The predicted molar refractivity (Wildman–Crippen MR) is 102 cm³/mol. The monoisotopic (exact) mass is 339 g/mol. The van der Waals surface area contributed by atoms with Crippen molar-refractivity contribution in [2.24, 2.45) is 0 Å². The summed E-state index contributed by atoms with van der Waals surface area (Å²) in [5.74, 6) is 0.218. The van der Waals surface area contributed by atoms with Gasteiger partial charge in [0.1, 0.15) is 0 Å². The zero-order valence-electron chi connectivity index (χ0n) is 15.4. The van der Waals surface area contributed by atoms with Gasteiger partial charge in [0.05, 0.1) is 5.52 Å². The van der Waals surface area contributed by atoms with Gasteiger partial charge < -0.3 is 9.47 Å². The Balaban J connectivity index is 1.49. The third-order valence-electron chi connectivity index (χ3n) is 6.23. The summed E-state index contributed by atoms with van der Waals surface area (Å²) in [5, 5.41) is 1.36. The highest BCUT2D eigenvalue weighted by Gasteiger charge is 2.30. The lowest BCUT2D eigenvalue weighted by molar-refractivity contribution is -0.131. The van der Waals surface area contributed by atoms with Crippen LogP contribution >= 0.6 is 0 Å². The van der Waals surface area contributed by atoms with E-state index in [0.29, 0.717) is 12.1 Å². The fraction of sp³-hybridized carbons (Fsp3) is 0.571. The van der Waals surface area contributed by atoms with Gasteiger partial charge in [0.25, 0.3) is 0 Å². The van der Waals surface area contributed by atoms with Crippen LogP contribution in [0.25, 0.3) is 10.9 Å². The zero-order valence-corrected chi connectivity index (χ0v) is 15.4. The Bertz CT molecular complexity index is 758. The number of carbonyl (C=O) groups is 1. The maximum atomic E-state index is 11.5. The molecule has 1 amide bonds. The molecule has 25 heavy (non-hydrogen) atoms. The minimum absolute atomic E-state index is 0.218. The molecule has 4 heteroatoms. The molecular formula is C21H29N3O. The van der Waals surface area contributed by atoms with Crippen LogP contribution in [0.1, 0.15) is 44.2 Å². The number of aromatic nitrogens is 1. The zero-order chi connectivity index (χ0) is 17.4. The number of para-hydroxylation sites is 1. The van der Waals surface area contributed by atoms with Crippen molar-refractivity contribution in [3.63, 3.8) is 0 Å². The molecule has 1 saturated heterocycles. The molecule has 2 heterocycles. The molecule has 0 bridgehead atoms. The second-order valence-corrected chi connectivity index (χ2v) is 7.75. The van der Waals surface area contributed by atoms with E-state index in [2.05, 4.69) is 46.9 Å². The largest absolute Gasteiger partial charge is 0.344 e. The van der Waals surface area contributed by atoms with Crippen molar-refractivity contribution < 1.29 is 4.79 Å². The third-order valence-corrected chi connectivity index (χ3v) is 6.23. The van der Waals surface area contributed by atoms with Gasteiger partial charge in [-0.15, -0.1) is 0 Å². The molecule has 1 saturated carbocycles. The number of nitrogens with zero attached hydrogens (tertiary/aromatic N) is 3. The van der Waals surface area contributed by atoms with Crippen LogP contribution in [0.3, 0.4) is 0 Å². The number of carbonyl (C=O) groups excluding carboxylic acids is 1. The average molecular weight is 339 g/mol. The molecule has 0 N–H and O–H groups in total. The molecule has 2 aromatic rings. The summed E-state index contributed by atoms with van der Waals surface area (Å²) in [5.41, 5.74) is 2.79. The summed E-state index contributed by atoms with van der Waals surface area (Å²) in [6, 6.07) is 10.1. The number of hydrogen-bond donors (Lipinski definition) is 0. The Morgan fingerprint density at radius 1 is 1.04 bits per heavy atom. The Morgan fingerprint density at radius 2 is 1.80 bits per heavy atom.